The Morgan fingerprint density at radius 1 is 1.12 bits per heavy atom. The molecule has 0 bridgehead atoms. The molecule has 0 saturated carbocycles. The van der Waals surface area contributed by atoms with Crippen LogP contribution in [0.4, 0.5) is 0 Å². The van der Waals surface area contributed by atoms with Gasteiger partial charge in [-0.3, -0.25) is 0 Å². The first kappa shape index (κ1) is 22.9. The SMILES string of the molecule is O.O=P([O-])([O-])[O-].[Cu+2].[Cu+]. The summed E-state index contributed by atoms with van der Waals surface area (Å²) in [6.45, 7) is 0. The third-order valence-corrected chi connectivity index (χ3v) is 0. The molecule has 8 heavy (non-hydrogen) atoms. The summed E-state index contributed by atoms with van der Waals surface area (Å²) in [6.07, 6.45) is 0. The van der Waals surface area contributed by atoms with E-state index in [4.69, 9.17) is 19.2 Å². The van der Waals surface area contributed by atoms with Crippen molar-refractivity contribution in [2.24, 2.45) is 0 Å². The van der Waals surface area contributed by atoms with Crippen LogP contribution in [-0.2, 0) is 38.7 Å². The second-order valence-electron chi connectivity index (χ2n) is 0.447. The Morgan fingerprint density at radius 3 is 1.12 bits per heavy atom. The van der Waals surface area contributed by atoms with Gasteiger partial charge in [-0.05, 0) is 0 Å². The first-order valence-corrected chi connectivity index (χ1v) is 2.19. The van der Waals surface area contributed by atoms with Crippen LogP contribution in [-0.4, -0.2) is 5.48 Å². The van der Waals surface area contributed by atoms with E-state index in [0.29, 0.717) is 0 Å². The molecule has 5 nitrogen and oxygen atoms in total. The van der Waals surface area contributed by atoms with Crippen molar-refractivity contribution < 1.29 is 58.9 Å². The standard InChI is InChI=1S/2Cu.H3O4P.H2O/c;;1-5(2,3)4;/h;;(H3,1,2,3,4);1H2/q+1;+2;;/p-3. The van der Waals surface area contributed by atoms with Crippen molar-refractivity contribution in [1.82, 2.24) is 0 Å². The van der Waals surface area contributed by atoms with Crippen molar-refractivity contribution in [1.29, 1.82) is 0 Å². The summed E-state index contributed by atoms with van der Waals surface area (Å²) in [5.74, 6) is 0. The van der Waals surface area contributed by atoms with Gasteiger partial charge >= 0.3 is 34.1 Å². The molecule has 0 unspecified atom stereocenters. The van der Waals surface area contributed by atoms with Gasteiger partial charge in [-0.1, -0.05) is 0 Å². The van der Waals surface area contributed by atoms with Crippen LogP contribution >= 0.6 is 7.82 Å². The molecule has 0 fully saturated rings. The molecule has 8 heteroatoms. The molecule has 0 aromatic carbocycles. The number of rotatable bonds is 0. The molecule has 0 aliphatic heterocycles. The minimum atomic E-state index is -5.39. The Morgan fingerprint density at radius 2 is 1.12 bits per heavy atom. The predicted molar refractivity (Wildman–Crippen MR) is 11.2 cm³/mol. The molecule has 0 saturated heterocycles. The Kier molecular flexibility index (Phi) is 23.3. The summed E-state index contributed by atoms with van der Waals surface area (Å²) in [5, 5.41) is 0. The van der Waals surface area contributed by atoms with Crippen molar-refractivity contribution in [2.75, 3.05) is 0 Å². The molecular weight excluding hydrogens is 238 g/mol. The maximum Gasteiger partial charge on any atom is 2.00 e. The molecule has 0 amide bonds. The third kappa shape index (κ3) is 216. The van der Waals surface area contributed by atoms with Crippen molar-refractivity contribution in [3.63, 3.8) is 0 Å². The zero-order chi connectivity index (χ0) is 4.50. The van der Waals surface area contributed by atoms with Gasteiger partial charge in [0.2, 0.25) is 0 Å². The first-order valence-electron chi connectivity index (χ1n) is 0.730. The van der Waals surface area contributed by atoms with E-state index in [1.165, 1.54) is 0 Å². The Balaban J connectivity index is -0.0000000267. The van der Waals surface area contributed by atoms with E-state index < -0.39 is 7.82 Å². The van der Waals surface area contributed by atoms with Crippen LogP contribution in [0, 0.1) is 0 Å². The van der Waals surface area contributed by atoms with Crippen LogP contribution in [0.3, 0.4) is 0 Å². The summed E-state index contributed by atoms with van der Waals surface area (Å²) in [6, 6.07) is 0. The van der Waals surface area contributed by atoms with Gasteiger partial charge in [0.05, 0.1) is 0 Å². The number of hydrogen-bond donors (Lipinski definition) is 0. The molecular formula is H2Cu2O5P. The van der Waals surface area contributed by atoms with Crippen LogP contribution in [0.25, 0.3) is 0 Å². The molecule has 0 aromatic heterocycles. The van der Waals surface area contributed by atoms with E-state index in [1.807, 2.05) is 0 Å². The van der Waals surface area contributed by atoms with Crippen LogP contribution in [0.2, 0.25) is 0 Å². The van der Waals surface area contributed by atoms with Crippen LogP contribution in [0.15, 0.2) is 0 Å². The largest absolute Gasteiger partial charge is 2.00 e. The molecule has 2 N–H and O–H groups in total. The molecule has 0 aliphatic carbocycles. The zero-order valence-electron chi connectivity index (χ0n) is 3.18. The van der Waals surface area contributed by atoms with E-state index >= 15 is 0 Å². The Hall–Kier alpha value is 1.11. The predicted octanol–water partition coefficient (Wildman–Crippen LogP) is -3.65. The van der Waals surface area contributed by atoms with E-state index in [9.17, 15) is 0 Å². The molecule has 0 aliphatic rings. The van der Waals surface area contributed by atoms with Gasteiger partial charge in [0, 0.05) is 0 Å². The molecule has 0 aromatic rings. The van der Waals surface area contributed by atoms with Gasteiger partial charge in [0.25, 0.3) is 0 Å². The third-order valence-electron chi connectivity index (χ3n) is 0. The van der Waals surface area contributed by atoms with E-state index in [-0.39, 0.29) is 39.6 Å². The fraction of sp³-hybridized carbons (Fsp3) is 0. The maximum atomic E-state index is 8.55. The average Bonchev–Trinajstić information content (AvgIpc) is 0.722. The quantitative estimate of drug-likeness (QED) is 0.320. The fourth-order valence-corrected chi connectivity index (χ4v) is 0. The Bertz CT molecular complexity index is 56.6. The van der Waals surface area contributed by atoms with E-state index in [1.54, 1.807) is 0 Å². The Labute approximate surface area is 67.0 Å². The second kappa shape index (κ2) is 8.11. The normalized spacial score (nSPS) is 7.38. The van der Waals surface area contributed by atoms with Gasteiger partial charge in [0.1, 0.15) is 0 Å². The number of phosphoric acid groups is 1. The van der Waals surface area contributed by atoms with Gasteiger partial charge in [0.15, 0.2) is 0 Å². The van der Waals surface area contributed by atoms with Gasteiger partial charge in [-0.25, -0.2) is 0 Å². The number of hydrogen-bond acceptors (Lipinski definition) is 4. The molecule has 1 radical (unpaired) electrons. The van der Waals surface area contributed by atoms with Crippen molar-refractivity contribution in [3.05, 3.63) is 0 Å². The molecule has 0 rings (SSSR count). The zero-order valence-corrected chi connectivity index (χ0v) is 5.96. The molecule has 0 heterocycles. The summed E-state index contributed by atoms with van der Waals surface area (Å²) in [7, 11) is -5.39. The first-order chi connectivity index (χ1) is 2.00. The average molecular weight is 240 g/mol. The maximum absolute atomic E-state index is 8.55. The van der Waals surface area contributed by atoms with E-state index in [2.05, 4.69) is 0 Å². The minimum absolute atomic E-state index is 0. The smallest absolute Gasteiger partial charge is 0.822 e. The second-order valence-corrected chi connectivity index (χ2v) is 1.34. The summed E-state index contributed by atoms with van der Waals surface area (Å²) < 4.78 is 8.55. The van der Waals surface area contributed by atoms with Crippen LogP contribution < -0.4 is 14.7 Å². The summed E-state index contributed by atoms with van der Waals surface area (Å²) >= 11 is 0. The van der Waals surface area contributed by atoms with E-state index in [0.717, 1.165) is 0 Å². The van der Waals surface area contributed by atoms with Crippen LogP contribution in [0.5, 0.6) is 0 Å². The van der Waals surface area contributed by atoms with Crippen molar-refractivity contribution >= 4 is 7.82 Å². The summed E-state index contributed by atoms with van der Waals surface area (Å²) in [5.41, 5.74) is 0. The van der Waals surface area contributed by atoms with Gasteiger partial charge in [-0.2, -0.15) is 7.82 Å². The van der Waals surface area contributed by atoms with Gasteiger partial charge < -0.3 is 24.7 Å². The van der Waals surface area contributed by atoms with Crippen LogP contribution in [0.1, 0.15) is 0 Å². The van der Waals surface area contributed by atoms with Crippen molar-refractivity contribution in [3.8, 4) is 0 Å². The molecule has 0 atom stereocenters. The fourth-order valence-electron chi connectivity index (χ4n) is 0. The van der Waals surface area contributed by atoms with Crippen molar-refractivity contribution in [2.45, 2.75) is 0 Å². The topological polar surface area (TPSA) is 118 Å². The molecule has 59 valence electrons. The molecule has 0 spiro atoms. The summed E-state index contributed by atoms with van der Waals surface area (Å²) in [4.78, 5) is 25.6. The van der Waals surface area contributed by atoms with Gasteiger partial charge in [-0.15, -0.1) is 0 Å². The monoisotopic (exact) mass is 239 g/mol. The minimum Gasteiger partial charge on any atom is -0.822 e.